The zero-order valence-corrected chi connectivity index (χ0v) is 20.9. The number of benzene rings is 2. The number of carbonyl (C=O) groups is 1. The molecule has 10 nitrogen and oxygen atoms in total. The van der Waals surface area contributed by atoms with E-state index in [0.29, 0.717) is 39.6 Å². The molecule has 1 N–H and O–H groups in total. The maximum atomic E-state index is 13.8. The molecule has 0 fully saturated rings. The Kier molecular flexibility index (Phi) is 6.22. The van der Waals surface area contributed by atoms with Crippen LogP contribution in [0.1, 0.15) is 18.7 Å². The summed E-state index contributed by atoms with van der Waals surface area (Å²) in [5.41, 5.74) is 1.89. The van der Waals surface area contributed by atoms with Crippen LogP contribution in [0.25, 0.3) is 22.4 Å². The van der Waals surface area contributed by atoms with Crippen molar-refractivity contribution >= 4 is 22.5 Å². The molecule has 2 aromatic carbocycles. The quantitative estimate of drug-likeness (QED) is 0.365. The van der Waals surface area contributed by atoms with E-state index in [2.05, 4.69) is 10.4 Å². The highest BCUT2D eigenvalue weighted by Gasteiger charge is 2.25. The smallest absolute Gasteiger partial charge is 0.280 e. The van der Waals surface area contributed by atoms with Crippen molar-refractivity contribution < 1.29 is 14.3 Å². The lowest BCUT2D eigenvalue weighted by Crippen LogP contribution is -2.34. The number of amides is 1. The zero-order valence-electron chi connectivity index (χ0n) is 20.9. The predicted molar refractivity (Wildman–Crippen MR) is 140 cm³/mol. The van der Waals surface area contributed by atoms with E-state index in [1.807, 2.05) is 59.4 Å². The third kappa shape index (κ3) is 4.22. The van der Waals surface area contributed by atoms with Crippen molar-refractivity contribution in [2.24, 2.45) is 0 Å². The Morgan fingerprint density at radius 1 is 0.946 bits per heavy atom. The van der Waals surface area contributed by atoms with Gasteiger partial charge >= 0.3 is 0 Å². The minimum absolute atomic E-state index is 0.373. The van der Waals surface area contributed by atoms with Gasteiger partial charge in [-0.1, -0.05) is 18.2 Å². The number of nitrogens with one attached hydrogen (secondary N) is 1. The van der Waals surface area contributed by atoms with Crippen LogP contribution >= 0.6 is 0 Å². The summed E-state index contributed by atoms with van der Waals surface area (Å²) < 4.78 is 15.3. The molecule has 0 spiro atoms. The van der Waals surface area contributed by atoms with Gasteiger partial charge in [0.2, 0.25) is 5.91 Å². The number of aryl methyl sites for hydroxylation is 1. The number of nitrogens with zero attached hydrogens (tertiary/aromatic N) is 5. The molecular weight excluding hydrogens is 472 g/mol. The van der Waals surface area contributed by atoms with Gasteiger partial charge < -0.3 is 19.4 Å². The number of anilines is 1. The van der Waals surface area contributed by atoms with Crippen molar-refractivity contribution in [2.75, 3.05) is 19.5 Å². The zero-order chi connectivity index (χ0) is 26.1. The number of carbonyl (C=O) groups excluding carboxylic acids is 1. The van der Waals surface area contributed by atoms with Crippen LogP contribution in [0.2, 0.25) is 0 Å². The first-order chi connectivity index (χ1) is 17.9. The summed E-state index contributed by atoms with van der Waals surface area (Å²) in [6.07, 6.45) is 3.70. The van der Waals surface area contributed by atoms with Crippen LogP contribution in [0.4, 0.5) is 5.69 Å². The van der Waals surface area contributed by atoms with Gasteiger partial charge in [-0.15, -0.1) is 0 Å². The van der Waals surface area contributed by atoms with Gasteiger partial charge in [-0.2, -0.15) is 10.2 Å². The molecular formula is C27H26N6O4. The highest BCUT2D eigenvalue weighted by atomic mass is 16.5. The number of hydrogen-bond donors (Lipinski definition) is 1. The summed E-state index contributed by atoms with van der Waals surface area (Å²) in [5.74, 6) is 1.19. The number of ether oxygens (including phenoxy) is 2. The van der Waals surface area contributed by atoms with Gasteiger partial charge in [0.25, 0.3) is 5.56 Å². The largest absolute Gasteiger partial charge is 0.493 e. The standard InChI is InChI=1S/C27H26N6O4/c1-17-24-23(26(31-14-8-9-15-31)33(30-24)20-10-6-5-7-11-20)27(35)32(29-17)18(2)25(34)28-19-12-13-21(36-3)22(16-19)37-4/h5-16,18H,1-4H3,(H,28,34)/t18-/m1/s1. The predicted octanol–water partition coefficient (Wildman–Crippen LogP) is 3.90. The van der Waals surface area contributed by atoms with Crippen molar-refractivity contribution in [1.29, 1.82) is 0 Å². The highest BCUT2D eigenvalue weighted by molar-refractivity contribution is 5.94. The fourth-order valence-corrected chi connectivity index (χ4v) is 4.23. The summed E-state index contributed by atoms with van der Waals surface area (Å²) in [7, 11) is 3.06. The molecule has 1 amide bonds. The van der Waals surface area contributed by atoms with Crippen molar-refractivity contribution in [3.8, 4) is 23.0 Å². The summed E-state index contributed by atoms with van der Waals surface area (Å²) in [5, 5.41) is 12.4. The molecule has 37 heavy (non-hydrogen) atoms. The van der Waals surface area contributed by atoms with Crippen molar-refractivity contribution in [2.45, 2.75) is 19.9 Å². The van der Waals surface area contributed by atoms with Gasteiger partial charge in [0, 0.05) is 24.1 Å². The van der Waals surface area contributed by atoms with E-state index in [1.54, 1.807) is 36.7 Å². The van der Waals surface area contributed by atoms with Crippen molar-refractivity contribution in [3.63, 3.8) is 0 Å². The van der Waals surface area contributed by atoms with Gasteiger partial charge in [0.05, 0.1) is 25.6 Å². The van der Waals surface area contributed by atoms with E-state index in [1.165, 1.54) is 18.9 Å². The Bertz CT molecular complexity index is 1640. The second-order valence-electron chi connectivity index (χ2n) is 8.45. The van der Waals surface area contributed by atoms with E-state index in [-0.39, 0.29) is 0 Å². The SMILES string of the molecule is COc1ccc(NC(=O)[C@@H](C)n2nc(C)c3nn(-c4ccccc4)c(-n4cccc4)c3c2=O)cc1OC. The molecule has 5 aromatic rings. The minimum atomic E-state index is -0.902. The number of hydrogen-bond acceptors (Lipinski definition) is 6. The van der Waals surface area contributed by atoms with E-state index in [4.69, 9.17) is 14.6 Å². The van der Waals surface area contributed by atoms with Crippen molar-refractivity contribution in [3.05, 3.63) is 89.1 Å². The van der Waals surface area contributed by atoms with Crippen LogP contribution in [0.5, 0.6) is 11.5 Å². The van der Waals surface area contributed by atoms with Gasteiger partial charge in [-0.05, 0) is 50.2 Å². The van der Waals surface area contributed by atoms with Crippen LogP contribution in [0.3, 0.4) is 0 Å². The van der Waals surface area contributed by atoms with E-state index in [0.717, 1.165) is 5.69 Å². The molecule has 0 saturated heterocycles. The maximum absolute atomic E-state index is 13.8. The first-order valence-corrected chi connectivity index (χ1v) is 11.7. The third-order valence-electron chi connectivity index (χ3n) is 6.13. The van der Waals surface area contributed by atoms with Gasteiger partial charge in [-0.25, -0.2) is 9.36 Å². The van der Waals surface area contributed by atoms with Crippen LogP contribution in [0.15, 0.2) is 77.9 Å². The fourth-order valence-electron chi connectivity index (χ4n) is 4.23. The topological polar surface area (TPSA) is 105 Å². The minimum Gasteiger partial charge on any atom is -0.493 e. The molecule has 0 aliphatic carbocycles. The first-order valence-electron chi connectivity index (χ1n) is 11.7. The second-order valence-corrected chi connectivity index (χ2v) is 8.45. The van der Waals surface area contributed by atoms with Crippen LogP contribution < -0.4 is 20.3 Å². The lowest BCUT2D eigenvalue weighted by atomic mass is 10.2. The Labute approximate surface area is 212 Å². The number of aromatic nitrogens is 5. The summed E-state index contributed by atoms with van der Waals surface area (Å²) in [6.45, 7) is 3.41. The average Bonchev–Trinajstić information content (AvgIpc) is 3.59. The maximum Gasteiger partial charge on any atom is 0.280 e. The van der Waals surface area contributed by atoms with Gasteiger partial charge in [-0.3, -0.25) is 9.59 Å². The summed E-state index contributed by atoms with van der Waals surface area (Å²) in [6, 6.07) is 17.5. The molecule has 0 unspecified atom stereocenters. The molecule has 3 aromatic heterocycles. The second kappa shape index (κ2) is 9.65. The monoisotopic (exact) mass is 498 g/mol. The number of fused-ring (bicyclic) bond motifs is 1. The molecule has 0 radical (unpaired) electrons. The van der Waals surface area contributed by atoms with Crippen LogP contribution in [-0.4, -0.2) is 44.3 Å². The molecule has 0 saturated carbocycles. The van der Waals surface area contributed by atoms with E-state index >= 15 is 0 Å². The molecule has 0 aliphatic rings. The lowest BCUT2D eigenvalue weighted by Gasteiger charge is -2.16. The first kappa shape index (κ1) is 23.9. The molecule has 1 atom stereocenters. The molecule has 0 aliphatic heterocycles. The van der Waals surface area contributed by atoms with Gasteiger partial charge in [0.1, 0.15) is 16.9 Å². The molecule has 0 bridgehead atoms. The number of rotatable bonds is 7. The Morgan fingerprint density at radius 2 is 1.65 bits per heavy atom. The highest BCUT2D eigenvalue weighted by Crippen LogP contribution is 2.30. The average molecular weight is 499 g/mol. The van der Waals surface area contributed by atoms with Crippen LogP contribution in [0, 0.1) is 6.92 Å². The Morgan fingerprint density at radius 3 is 2.32 bits per heavy atom. The molecule has 3 heterocycles. The Hall–Kier alpha value is -4.86. The van der Waals surface area contributed by atoms with E-state index < -0.39 is 17.5 Å². The third-order valence-corrected chi connectivity index (χ3v) is 6.13. The summed E-state index contributed by atoms with van der Waals surface area (Å²) >= 11 is 0. The normalized spacial score (nSPS) is 11.9. The molecule has 5 rings (SSSR count). The van der Waals surface area contributed by atoms with Gasteiger partial charge in [0.15, 0.2) is 17.3 Å². The fraction of sp³-hybridized carbons (Fsp3) is 0.185. The molecule has 188 valence electrons. The summed E-state index contributed by atoms with van der Waals surface area (Å²) in [4.78, 5) is 27.0. The molecule has 10 heteroatoms. The van der Waals surface area contributed by atoms with E-state index in [9.17, 15) is 9.59 Å². The van der Waals surface area contributed by atoms with Crippen molar-refractivity contribution in [1.82, 2.24) is 24.1 Å². The number of para-hydroxylation sites is 1. The number of methoxy groups -OCH3 is 2. The van der Waals surface area contributed by atoms with Crippen LogP contribution in [-0.2, 0) is 4.79 Å². The Balaban J connectivity index is 1.60. The lowest BCUT2D eigenvalue weighted by molar-refractivity contribution is -0.119.